The number of hydrogen-bond acceptors (Lipinski definition) is 4. The van der Waals surface area contributed by atoms with Crippen LogP contribution in [0.1, 0.15) is 43.0 Å². The number of nitrogens with one attached hydrogen (secondary N) is 1. The first kappa shape index (κ1) is 17.3. The third kappa shape index (κ3) is 4.33. The van der Waals surface area contributed by atoms with Crippen molar-refractivity contribution in [2.75, 3.05) is 18.4 Å². The highest BCUT2D eigenvalue weighted by Crippen LogP contribution is 2.38. The van der Waals surface area contributed by atoms with Crippen molar-refractivity contribution < 1.29 is 4.79 Å². The second-order valence-corrected chi connectivity index (χ2v) is 7.55. The number of benzene rings is 1. The van der Waals surface area contributed by atoms with E-state index < -0.39 is 0 Å². The van der Waals surface area contributed by atoms with Crippen molar-refractivity contribution in [2.45, 2.75) is 44.1 Å². The maximum absolute atomic E-state index is 12.5. The van der Waals surface area contributed by atoms with Gasteiger partial charge in [0.15, 0.2) is 0 Å². The van der Waals surface area contributed by atoms with Gasteiger partial charge in [0, 0.05) is 37.5 Å². The second kappa shape index (κ2) is 7.62. The Balaban J connectivity index is 1.30. The third-order valence-electron chi connectivity index (χ3n) is 5.02. The van der Waals surface area contributed by atoms with E-state index in [0.717, 1.165) is 43.9 Å². The maximum Gasteiger partial charge on any atom is 0.222 e. The maximum atomic E-state index is 12.5. The van der Waals surface area contributed by atoms with Gasteiger partial charge in [-0.05, 0) is 31.2 Å². The number of aromatic nitrogens is 2. The zero-order valence-corrected chi connectivity index (χ0v) is 15.5. The predicted molar refractivity (Wildman–Crippen MR) is 102 cm³/mol. The summed E-state index contributed by atoms with van der Waals surface area (Å²) in [6, 6.07) is 12.1. The molecule has 0 radical (unpaired) electrons. The highest BCUT2D eigenvalue weighted by Gasteiger charge is 2.29. The number of nitrogens with zero attached hydrogens (tertiary/aromatic N) is 3. The summed E-state index contributed by atoms with van der Waals surface area (Å²) < 4.78 is 0. The van der Waals surface area contributed by atoms with E-state index in [9.17, 15) is 4.79 Å². The van der Waals surface area contributed by atoms with E-state index in [1.54, 1.807) is 6.07 Å². The minimum Gasteiger partial charge on any atom is -0.365 e. The molecule has 1 amide bonds. The molecule has 1 saturated heterocycles. The van der Waals surface area contributed by atoms with Gasteiger partial charge in [-0.3, -0.25) is 4.79 Å². The lowest BCUT2D eigenvalue weighted by Gasteiger charge is -2.18. The average Bonchev–Trinajstić information content (AvgIpc) is 3.40. The van der Waals surface area contributed by atoms with E-state index in [1.165, 1.54) is 5.56 Å². The molecular weight excluding hydrogens is 348 g/mol. The average molecular weight is 371 g/mol. The molecule has 0 spiro atoms. The predicted octanol–water partition coefficient (Wildman–Crippen LogP) is 3.65. The number of likely N-dealkylation sites (tertiary alicyclic amines) is 1. The van der Waals surface area contributed by atoms with Crippen molar-refractivity contribution in [2.24, 2.45) is 0 Å². The Bertz CT molecular complexity index is 779. The van der Waals surface area contributed by atoms with Crippen molar-refractivity contribution in [1.82, 2.24) is 14.9 Å². The molecule has 1 aromatic heterocycles. The van der Waals surface area contributed by atoms with Crippen molar-refractivity contribution in [1.29, 1.82) is 0 Å². The lowest BCUT2D eigenvalue weighted by Crippen LogP contribution is -2.31. The molecule has 1 N–H and O–H groups in total. The van der Waals surface area contributed by atoms with Gasteiger partial charge in [-0.2, -0.15) is 0 Å². The van der Waals surface area contributed by atoms with Gasteiger partial charge in [0.05, 0.1) is 0 Å². The fourth-order valence-electron chi connectivity index (χ4n) is 3.40. The number of halogens is 1. The van der Waals surface area contributed by atoms with Crippen LogP contribution >= 0.6 is 11.6 Å². The van der Waals surface area contributed by atoms with Gasteiger partial charge in [0.2, 0.25) is 5.91 Å². The van der Waals surface area contributed by atoms with Gasteiger partial charge < -0.3 is 10.2 Å². The summed E-state index contributed by atoms with van der Waals surface area (Å²) in [6.07, 6.45) is 4.57. The zero-order chi connectivity index (χ0) is 17.9. The minimum atomic E-state index is 0.216. The van der Waals surface area contributed by atoms with Crippen molar-refractivity contribution in [3.63, 3.8) is 0 Å². The first-order valence-corrected chi connectivity index (χ1v) is 9.68. The van der Waals surface area contributed by atoms with Gasteiger partial charge in [0.25, 0.3) is 0 Å². The fourth-order valence-corrected chi connectivity index (χ4v) is 3.59. The van der Waals surface area contributed by atoms with E-state index in [1.807, 2.05) is 23.1 Å². The van der Waals surface area contributed by atoms with Gasteiger partial charge in [-0.25, -0.2) is 9.97 Å². The Hall–Kier alpha value is -2.14. The molecule has 2 fully saturated rings. The van der Waals surface area contributed by atoms with Crippen LogP contribution in [0.15, 0.2) is 36.4 Å². The molecule has 1 aliphatic carbocycles. The number of anilines is 1. The SMILES string of the molecule is O=C(CCc1ccccc1)N1CCC(Nc2cc(Cl)nc(C3CC3)n2)C1. The molecule has 5 nitrogen and oxygen atoms in total. The van der Waals surface area contributed by atoms with Crippen LogP contribution in [0.4, 0.5) is 5.82 Å². The molecule has 6 heteroatoms. The summed E-state index contributed by atoms with van der Waals surface area (Å²) >= 11 is 6.13. The number of carbonyl (C=O) groups is 1. The monoisotopic (exact) mass is 370 g/mol. The van der Waals surface area contributed by atoms with Crippen LogP contribution in [0.3, 0.4) is 0 Å². The molecule has 2 aromatic rings. The quantitative estimate of drug-likeness (QED) is 0.788. The second-order valence-electron chi connectivity index (χ2n) is 7.16. The molecule has 4 rings (SSSR count). The standard InChI is InChI=1S/C20H23ClN4O/c21-17-12-18(24-20(23-17)15-7-8-15)22-16-10-11-25(13-16)19(26)9-6-14-4-2-1-3-5-14/h1-5,12,15-16H,6-11,13H2,(H,22,23,24). The molecule has 136 valence electrons. The highest BCUT2D eigenvalue weighted by molar-refractivity contribution is 6.29. The number of aryl methyl sites for hydroxylation is 1. The first-order valence-electron chi connectivity index (χ1n) is 9.30. The number of carbonyl (C=O) groups excluding carboxylic acids is 1. The fraction of sp³-hybridized carbons (Fsp3) is 0.450. The molecule has 1 saturated carbocycles. The summed E-state index contributed by atoms with van der Waals surface area (Å²) in [6.45, 7) is 1.51. The van der Waals surface area contributed by atoms with Crippen molar-refractivity contribution in [3.8, 4) is 0 Å². The molecule has 26 heavy (non-hydrogen) atoms. The number of amides is 1. The van der Waals surface area contributed by atoms with E-state index in [2.05, 4.69) is 27.4 Å². The van der Waals surface area contributed by atoms with Gasteiger partial charge in [-0.1, -0.05) is 41.9 Å². The molecule has 0 bridgehead atoms. The zero-order valence-electron chi connectivity index (χ0n) is 14.7. The van der Waals surface area contributed by atoms with Crippen LogP contribution in [0, 0.1) is 0 Å². The Kier molecular flexibility index (Phi) is 5.07. The summed E-state index contributed by atoms with van der Waals surface area (Å²) in [7, 11) is 0. The molecule has 1 aromatic carbocycles. The van der Waals surface area contributed by atoms with Gasteiger partial charge in [0.1, 0.15) is 16.8 Å². The minimum absolute atomic E-state index is 0.216. The smallest absolute Gasteiger partial charge is 0.222 e. The Morgan fingerprint density at radius 2 is 2.00 bits per heavy atom. The van der Waals surface area contributed by atoms with E-state index >= 15 is 0 Å². The van der Waals surface area contributed by atoms with E-state index in [-0.39, 0.29) is 11.9 Å². The molecular formula is C20H23ClN4O. The van der Waals surface area contributed by atoms with Gasteiger partial charge in [-0.15, -0.1) is 0 Å². The van der Waals surface area contributed by atoms with Crippen LogP contribution in [0.2, 0.25) is 5.15 Å². The topological polar surface area (TPSA) is 58.1 Å². The van der Waals surface area contributed by atoms with Crippen molar-refractivity contribution in [3.05, 3.63) is 52.9 Å². The molecule has 2 heterocycles. The van der Waals surface area contributed by atoms with Gasteiger partial charge >= 0.3 is 0 Å². The lowest BCUT2D eigenvalue weighted by atomic mass is 10.1. The summed E-state index contributed by atoms with van der Waals surface area (Å²) in [5.41, 5.74) is 1.21. The molecule has 1 unspecified atom stereocenters. The largest absolute Gasteiger partial charge is 0.365 e. The van der Waals surface area contributed by atoms with Crippen LogP contribution in [0.5, 0.6) is 0 Å². The Labute approximate surface area is 158 Å². The third-order valence-corrected chi connectivity index (χ3v) is 5.21. The Morgan fingerprint density at radius 3 is 2.77 bits per heavy atom. The van der Waals surface area contributed by atoms with Crippen LogP contribution < -0.4 is 5.32 Å². The van der Waals surface area contributed by atoms with Crippen LogP contribution in [0.25, 0.3) is 0 Å². The van der Waals surface area contributed by atoms with Crippen LogP contribution in [-0.4, -0.2) is 39.9 Å². The highest BCUT2D eigenvalue weighted by atomic mass is 35.5. The lowest BCUT2D eigenvalue weighted by molar-refractivity contribution is -0.130. The van der Waals surface area contributed by atoms with Crippen LogP contribution in [-0.2, 0) is 11.2 Å². The molecule has 2 aliphatic rings. The Morgan fingerprint density at radius 1 is 1.19 bits per heavy atom. The summed E-state index contributed by atoms with van der Waals surface area (Å²) in [4.78, 5) is 23.3. The summed E-state index contributed by atoms with van der Waals surface area (Å²) in [5.74, 6) is 2.30. The normalized spacial score (nSPS) is 19.6. The molecule has 1 atom stereocenters. The first-order chi connectivity index (χ1) is 12.7. The van der Waals surface area contributed by atoms with E-state index in [0.29, 0.717) is 24.0 Å². The van der Waals surface area contributed by atoms with E-state index in [4.69, 9.17) is 11.6 Å². The molecule has 1 aliphatic heterocycles. The number of hydrogen-bond donors (Lipinski definition) is 1. The summed E-state index contributed by atoms with van der Waals surface area (Å²) in [5, 5.41) is 3.92. The number of rotatable bonds is 6. The van der Waals surface area contributed by atoms with Crippen molar-refractivity contribution >= 4 is 23.3 Å².